The van der Waals surface area contributed by atoms with Crippen molar-refractivity contribution in [3.8, 4) is 0 Å². The van der Waals surface area contributed by atoms with E-state index in [0.29, 0.717) is 35.7 Å². The number of rotatable bonds is 5. The minimum atomic E-state index is -1.35. The molecule has 156 valence electrons. The van der Waals surface area contributed by atoms with Gasteiger partial charge in [0.05, 0.1) is 18.5 Å². The van der Waals surface area contributed by atoms with Crippen LogP contribution in [0.15, 0.2) is 12.7 Å². The number of nitrogens with one attached hydrogen (secondary N) is 2. The van der Waals surface area contributed by atoms with Crippen LogP contribution in [0.3, 0.4) is 0 Å². The fourth-order valence-corrected chi connectivity index (χ4v) is 4.25. The third kappa shape index (κ3) is 3.23. The highest BCUT2D eigenvalue weighted by Crippen LogP contribution is 2.38. The van der Waals surface area contributed by atoms with Gasteiger partial charge in [-0.1, -0.05) is 0 Å². The normalized spacial score (nSPS) is 36.0. The van der Waals surface area contributed by atoms with Crippen molar-refractivity contribution < 1.29 is 24.5 Å². The van der Waals surface area contributed by atoms with E-state index in [1.165, 1.54) is 17.2 Å². The summed E-state index contributed by atoms with van der Waals surface area (Å²) < 4.78 is 12.8. The van der Waals surface area contributed by atoms with E-state index in [1.807, 2.05) is 0 Å². The highest BCUT2D eigenvalue weighted by atomic mass is 16.6. The molecule has 2 saturated heterocycles. The van der Waals surface area contributed by atoms with Gasteiger partial charge >= 0.3 is 0 Å². The number of nitrogens with zero attached hydrogens (tertiary/aromatic N) is 4. The number of likely N-dealkylation sites (N-methyl/N-ethyl adjacent to an activating group) is 1. The number of epoxide rings is 1. The van der Waals surface area contributed by atoms with E-state index in [2.05, 4.69) is 25.6 Å². The second-order valence-electron chi connectivity index (χ2n) is 7.74. The lowest BCUT2D eigenvalue weighted by atomic mass is 9.95. The number of aliphatic hydroxyl groups is 2. The quantitative estimate of drug-likeness (QED) is 0.476. The summed E-state index contributed by atoms with van der Waals surface area (Å²) in [6.07, 6.45) is 1.82. The van der Waals surface area contributed by atoms with Gasteiger partial charge in [-0.2, -0.15) is 0 Å². The lowest BCUT2D eigenvalue weighted by Crippen LogP contribution is -2.42. The Kier molecular flexibility index (Phi) is 4.62. The van der Waals surface area contributed by atoms with Gasteiger partial charge in [-0.15, -0.1) is 0 Å². The van der Waals surface area contributed by atoms with Crippen LogP contribution in [0, 0.1) is 0 Å². The summed E-state index contributed by atoms with van der Waals surface area (Å²) in [6, 6.07) is 0.249. The molecule has 1 amide bonds. The number of carbonyl (C=O) groups is 1. The lowest BCUT2D eigenvalue weighted by Gasteiger charge is -2.21. The van der Waals surface area contributed by atoms with Crippen molar-refractivity contribution in [2.75, 3.05) is 11.9 Å². The molecule has 3 aliphatic rings. The molecule has 2 aromatic heterocycles. The van der Waals surface area contributed by atoms with Gasteiger partial charge in [-0.25, -0.2) is 15.0 Å². The van der Waals surface area contributed by atoms with Crippen molar-refractivity contribution in [1.82, 2.24) is 24.8 Å². The van der Waals surface area contributed by atoms with Gasteiger partial charge in [0.25, 0.3) is 5.91 Å². The average molecular weight is 404 g/mol. The largest absolute Gasteiger partial charge is 0.387 e. The molecule has 0 radical (unpaired) electrons. The lowest BCUT2D eigenvalue weighted by molar-refractivity contribution is -0.137. The first-order valence-corrected chi connectivity index (χ1v) is 9.95. The summed E-state index contributed by atoms with van der Waals surface area (Å²) in [5.74, 6) is 0.131. The topological polar surface area (TPSA) is 147 Å². The van der Waals surface area contributed by atoms with Gasteiger partial charge in [-0.3, -0.25) is 9.36 Å². The monoisotopic (exact) mass is 404 g/mol. The highest BCUT2D eigenvalue weighted by Gasteiger charge is 2.48. The molecule has 5 rings (SSSR count). The van der Waals surface area contributed by atoms with Crippen LogP contribution in [0.1, 0.15) is 32.4 Å². The summed E-state index contributed by atoms with van der Waals surface area (Å²) in [7, 11) is 0. The van der Waals surface area contributed by atoms with E-state index in [4.69, 9.17) is 9.47 Å². The van der Waals surface area contributed by atoms with Crippen LogP contribution in [0.25, 0.3) is 11.2 Å². The molecule has 2 aromatic rings. The second kappa shape index (κ2) is 7.17. The zero-order valence-electron chi connectivity index (χ0n) is 15.9. The molecule has 4 heterocycles. The Balaban J connectivity index is 1.39. The Labute approximate surface area is 166 Å². The number of anilines is 1. The number of aromatic nitrogens is 4. The van der Waals surface area contributed by atoms with Gasteiger partial charge in [0.1, 0.15) is 18.5 Å². The van der Waals surface area contributed by atoms with Crippen LogP contribution >= 0.6 is 0 Å². The van der Waals surface area contributed by atoms with Crippen molar-refractivity contribution in [1.29, 1.82) is 0 Å². The smallest absolute Gasteiger partial charge is 0.252 e. The van der Waals surface area contributed by atoms with Crippen molar-refractivity contribution in [3.63, 3.8) is 0 Å². The van der Waals surface area contributed by atoms with E-state index >= 15 is 0 Å². The van der Waals surface area contributed by atoms with Crippen LogP contribution in [0.2, 0.25) is 0 Å². The molecule has 3 fully saturated rings. The molecule has 0 spiro atoms. The van der Waals surface area contributed by atoms with Crippen LogP contribution in [-0.4, -0.2) is 78.7 Å². The van der Waals surface area contributed by atoms with Crippen LogP contribution in [0.4, 0.5) is 5.82 Å². The summed E-state index contributed by atoms with van der Waals surface area (Å²) in [5, 5.41) is 26.8. The van der Waals surface area contributed by atoms with Gasteiger partial charge in [0.2, 0.25) is 0 Å². The molecule has 11 heteroatoms. The van der Waals surface area contributed by atoms with Crippen molar-refractivity contribution >= 4 is 22.9 Å². The van der Waals surface area contributed by atoms with E-state index in [9.17, 15) is 15.0 Å². The maximum atomic E-state index is 12.1. The number of carbonyl (C=O) groups excluding carboxylic acids is 1. The Morgan fingerprint density at radius 1 is 1.21 bits per heavy atom. The number of fused-ring (bicyclic) bond motifs is 2. The molecule has 0 bridgehead atoms. The number of ether oxygens (including phenoxy) is 2. The predicted octanol–water partition coefficient (Wildman–Crippen LogP) is -0.687. The Bertz CT molecular complexity index is 921. The summed E-state index contributed by atoms with van der Waals surface area (Å²) in [4.78, 5) is 25.1. The zero-order chi connectivity index (χ0) is 20.1. The summed E-state index contributed by atoms with van der Waals surface area (Å²) >= 11 is 0. The average Bonchev–Trinajstić information content (AvgIpc) is 3.26. The van der Waals surface area contributed by atoms with Crippen LogP contribution in [0.5, 0.6) is 0 Å². The Hall–Kier alpha value is -2.34. The minimum absolute atomic E-state index is 0.249. The molecular formula is C18H24N6O5. The first kappa shape index (κ1) is 18.7. The maximum absolute atomic E-state index is 12.1. The molecule has 4 unspecified atom stereocenters. The van der Waals surface area contributed by atoms with Crippen molar-refractivity contribution in [3.05, 3.63) is 12.7 Å². The highest BCUT2D eigenvalue weighted by molar-refractivity contribution is 5.83. The standard InChI is InChI=1S/C18H24N6O5/c1-2-19-17(27)14-12(25)13(26)18(29-14)24-7-22-11-15(20-6-21-16(11)24)23-8-3-4-9-10(5-8)28-9/h6-10,12-14,18,25-26H,2-5H2,1H3,(H,19,27)(H,20,21,23)/t8?,9?,10?,12-,13+,14-,18?/m0/s1. The fourth-order valence-electron chi connectivity index (χ4n) is 4.25. The summed E-state index contributed by atoms with van der Waals surface area (Å²) in [6.45, 7) is 2.17. The molecule has 29 heavy (non-hydrogen) atoms. The summed E-state index contributed by atoms with van der Waals surface area (Å²) in [5.41, 5.74) is 0.991. The Morgan fingerprint density at radius 2 is 2.07 bits per heavy atom. The number of amides is 1. The molecular weight excluding hydrogens is 380 g/mol. The number of imidazole rings is 1. The first-order valence-electron chi connectivity index (χ1n) is 9.95. The molecule has 1 saturated carbocycles. The molecule has 7 atom stereocenters. The van der Waals surface area contributed by atoms with E-state index in [-0.39, 0.29) is 6.04 Å². The third-order valence-corrected chi connectivity index (χ3v) is 5.83. The van der Waals surface area contributed by atoms with Gasteiger partial charge in [0, 0.05) is 12.6 Å². The predicted molar refractivity (Wildman–Crippen MR) is 99.9 cm³/mol. The molecule has 1 aliphatic carbocycles. The third-order valence-electron chi connectivity index (χ3n) is 5.83. The van der Waals surface area contributed by atoms with Crippen LogP contribution < -0.4 is 10.6 Å². The molecule has 11 nitrogen and oxygen atoms in total. The van der Waals surface area contributed by atoms with Gasteiger partial charge in [-0.05, 0) is 26.2 Å². The second-order valence-corrected chi connectivity index (χ2v) is 7.74. The van der Waals surface area contributed by atoms with E-state index in [0.717, 1.165) is 19.3 Å². The molecule has 0 aromatic carbocycles. The zero-order valence-corrected chi connectivity index (χ0v) is 15.9. The van der Waals surface area contributed by atoms with Gasteiger partial charge in [0.15, 0.2) is 29.3 Å². The first-order chi connectivity index (χ1) is 14.1. The van der Waals surface area contributed by atoms with Crippen molar-refractivity contribution in [2.24, 2.45) is 0 Å². The number of aliphatic hydroxyl groups excluding tert-OH is 2. The Morgan fingerprint density at radius 3 is 2.86 bits per heavy atom. The fraction of sp³-hybridized carbons (Fsp3) is 0.667. The molecule has 4 N–H and O–H groups in total. The van der Waals surface area contributed by atoms with E-state index in [1.54, 1.807) is 6.92 Å². The minimum Gasteiger partial charge on any atom is -0.387 e. The van der Waals surface area contributed by atoms with Gasteiger partial charge < -0.3 is 30.3 Å². The van der Waals surface area contributed by atoms with E-state index < -0.39 is 30.4 Å². The number of hydrogen-bond donors (Lipinski definition) is 4. The van der Waals surface area contributed by atoms with Crippen LogP contribution in [-0.2, 0) is 14.3 Å². The maximum Gasteiger partial charge on any atom is 0.252 e. The number of hydrogen-bond acceptors (Lipinski definition) is 9. The SMILES string of the molecule is CCNC(=O)[C@H]1OC(n2cnc3c(NC4CCC5OC5C4)ncnc32)[C@H](O)[C@@H]1O. The van der Waals surface area contributed by atoms with Crippen molar-refractivity contribution in [2.45, 2.75) is 69.0 Å². The molecule has 2 aliphatic heterocycles.